The molecule has 0 aromatic heterocycles. The molecule has 1 aliphatic heterocycles. The summed E-state index contributed by atoms with van der Waals surface area (Å²) >= 11 is 0. The number of carbonyl (C=O) groups is 2. The lowest BCUT2D eigenvalue weighted by atomic mass is 10.3. The Morgan fingerprint density at radius 2 is 2.14 bits per heavy atom. The van der Waals surface area contributed by atoms with Crippen LogP contribution in [0, 0.1) is 0 Å². The molecule has 0 aliphatic carbocycles. The van der Waals surface area contributed by atoms with Crippen LogP contribution in [0.4, 0.5) is 10.5 Å². The molecule has 0 radical (unpaired) electrons. The van der Waals surface area contributed by atoms with Crippen LogP contribution in [0.25, 0.3) is 0 Å². The summed E-state index contributed by atoms with van der Waals surface area (Å²) < 4.78 is 10.1. The maximum Gasteiger partial charge on any atom is 0.412 e. The minimum Gasteiger partial charge on any atom is -0.463 e. The number of nitrogens with zero attached hydrogens (tertiary/aromatic N) is 1. The normalized spacial score (nSPS) is 14.5. The van der Waals surface area contributed by atoms with Gasteiger partial charge >= 0.3 is 12.1 Å². The zero-order valence-electron chi connectivity index (χ0n) is 12.3. The van der Waals surface area contributed by atoms with Crippen molar-refractivity contribution in [1.82, 2.24) is 10.4 Å². The third-order valence-electron chi connectivity index (χ3n) is 2.88. The van der Waals surface area contributed by atoms with Gasteiger partial charge in [0.15, 0.2) is 0 Å². The standard InChI is InChI=1S/C15H19N3O4/c1-2-21-14(19)13(11-18-10-6-9-16-18)22-15(20)17-12-7-4-3-5-8-12/h3-8,10,13,16H,2,9,11H2,1H3,(H,17,20). The van der Waals surface area contributed by atoms with E-state index in [1.165, 1.54) is 0 Å². The number of anilines is 1. The Labute approximate surface area is 128 Å². The van der Waals surface area contributed by atoms with Crippen LogP contribution in [0.15, 0.2) is 42.6 Å². The lowest BCUT2D eigenvalue weighted by Crippen LogP contribution is -2.43. The van der Waals surface area contributed by atoms with Crippen molar-refractivity contribution >= 4 is 17.7 Å². The van der Waals surface area contributed by atoms with E-state index in [0.717, 1.165) is 0 Å². The molecule has 0 saturated heterocycles. The topological polar surface area (TPSA) is 79.9 Å². The van der Waals surface area contributed by atoms with Gasteiger partial charge in [-0.2, -0.15) is 0 Å². The van der Waals surface area contributed by atoms with Crippen LogP contribution in [0.3, 0.4) is 0 Å². The molecule has 0 saturated carbocycles. The molecular weight excluding hydrogens is 286 g/mol. The molecule has 1 aromatic carbocycles. The molecule has 1 amide bonds. The molecular formula is C15H19N3O4. The van der Waals surface area contributed by atoms with Gasteiger partial charge in [-0.15, -0.1) is 0 Å². The number of hydrogen-bond acceptors (Lipinski definition) is 6. The summed E-state index contributed by atoms with van der Waals surface area (Å²) in [6.07, 6.45) is 1.96. The van der Waals surface area contributed by atoms with Crippen molar-refractivity contribution in [1.29, 1.82) is 0 Å². The Bertz CT molecular complexity index is 533. The number of ether oxygens (including phenoxy) is 2. The largest absolute Gasteiger partial charge is 0.463 e. The summed E-state index contributed by atoms with van der Waals surface area (Å²) in [5.41, 5.74) is 3.60. The van der Waals surface area contributed by atoms with Gasteiger partial charge in [0.05, 0.1) is 13.2 Å². The van der Waals surface area contributed by atoms with E-state index in [4.69, 9.17) is 9.47 Å². The Kier molecular flexibility index (Phi) is 5.79. The van der Waals surface area contributed by atoms with Gasteiger partial charge < -0.3 is 14.5 Å². The predicted molar refractivity (Wildman–Crippen MR) is 80.8 cm³/mol. The summed E-state index contributed by atoms with van der Waals surface area (Å²) in [7, 11) is 0. The molecule has 2 rings (SSSR count). The Balaban J connectivity index is 1.93. The highest BCUT2D eigenvalue weighted by atomic mass is 16.6. The van der Waals surface area contributed by atoms with E-state index < -0.39 is 18.2 Å². The second kappa shape index (κ2) is 8.04. The number of hydrogen-bond donors (Lipinski definition) is 2. The van der Waals surface area contributed by atoms with Crippen molar-refractivity contribution in [2.45, 2.75) is 13.0 Å². The minimum absolute atomic E-state index is 0.178. The van der Waals surface area contributed by atoms with Crippen molar-refractivity contribution in [3.05, 3.63) is 42.6 Å². The second-order valence-electron chi connectivity index (χ2n) is 4.54. The lowest BCUT2D eigenvalue weighted by Gasteiger charge is -2.22. The van der Waals surface area contributed by atoms with Crippen molar-refractivity contribution in [3.8, 4) is 0 Å². The van der Waals surface area contributed by atoms with E-state index >= 15 is 0 Å². The lowest BCUT2D eigenvalue weighted by molar-refractivity contribution is -0.153. The van der Waals surface area contributed by atoms with E-state index in [2.05, 4.69) is 10.7 Å². The molecule has 2 N–H and O–H groups in total. The molecule has 0 fully saturated rings. The average Bonchev–Trinajstić information content (AvgIpc) is 3.01. The predicted octanol–water partition coefficient (Wildman–Crippen LogP) is 1.50. The molecule has 7 nitrogen and oxygen atoms in total. The number of amides is 1. The zero-order chi connectivity index (χ0) is 15.8. The molecule has 0 spiro atoms. The first-order chi connectivity index (χ1) is 10.7. The first kappa shape index (κ1) is 15.8. The number of esters is 1. The molecule has 1 aromatic rings. The third kappa shape index (κ3) is 4.78. The van der Waals surface area contributed by atoms with E-state index in [1.54, 1.807) is 42.4 Å². The van der Waals surface area contributed by atoms with Gasteiger partial charge in [0.1, 0.15) is 0 Å². The SMILES string of the molecule is CCOC(=O)C(CN1C=CCN1)OC(=O)Nc1ccccc1. The van der Waals surface area contributed by atoms with Crippen LogP contribution in [-0.2, 0) is 14.3 Å². The molecule has 1 aliphatic rings. The van der Waals surface area contributed by atoms with Crippen molar-refractivity contribution < 1.29 is 19.1 Å². The molecule has 118 valence electrons. The quantitative estimate of drug-likeness (QED) is 0.775. The Hall–Kier alpha value is -2.54. The highest BCUT2D eigenvalue weighted by molar-refractivity contribution is 5.87. The van der Waals surface area contributed by atoms with Crippen molar-refractivity contribution in [3.63, 3.8) is 0 Å². The number of para-hydroxylation sites is 1. The van der Waals surface area contributed by atoms with Crippen LogP contribution >= 0.6 is 0 Å². The van der Waals surface area contributed by atoms with Gasteiger partial charge in [-0.3, -0.25) is 5.32 Å². The van der Waals surface area contributed by atoms with E-state index in [1.807, 2.05) is 12.1 Å². The Morgan fingerprint density at radius 1 is 1.36 bits per heavy atom. The minimum atomic E-state index is -1.01. The molecule has 0 bridgehead atoms. The number of rotatable bonds is 6. The molecule has 7 heteroatoms. The smallest absolute Gasteiger partial charge is 0.412 e. The average molecular weight is 305 g/mol. The maximum absolute atomic E-state index is 11.9. The van der Waals surface area contributed by atoms with Gasteiger partial charge in [0, 0.05) is 18.4 Å². The van der Waals surface area contributed by atoms with Crippen molar-refractivity contribution in [2.75, 3.05) is 25.0 Å². The van der Waals surface area contributed by atoms with E-state index in [0.29, 0.717) is 12.2 Å². The highest BCUT2D eigenvalue weighted by Crippen LogP contribution is 2.08. The Morgan fingerprint density at radius 3 is 2.77 bits per heavy atom. The monoisotopic (exact) mass is 305 g/mol. The van der Waals surface area contributed by atoms with Gasteiger partial charge in [0.2, 0.25) is 6.10 Å². The summed E-state index contributed by atoms with van der Waals surface area (Å²) in [5.74, 6) is -0.576. The number of carbonyl (C=O) groups excluding carboxylic acids is 2. The number of nitrogens with one attached hydrogen (secondary N) is 2. The van der Waals surface area contributed by atoms with Crippen LogP contribution in [0.2, 0.25) is 0 Å². The summed E-state index contributed by atoms with van der Waals surface area (Å²) in [6.45, 7) is 2.78. The zero-order valence-corrected chi connectivity index (χ0v) is 12.3. The maximum atomic E-state index is 11.9. The summed E-state index contributed by atoms with van der Waals surface area (Å²) in [4.78, 5) is 23.8. The van der Waals surface area contributed by atoms with Gasteiger partial charge in [-0.1, -0.05) is 24.3 Å². The van der Waals surface area contributed by atoms with Crippen LogP contribution < -0.4 is 10.7 Å². The van der Waals surface area contributed by atoms with Crippen LogP contribution in [-0.4, -0.2) is 42.9 Å². The second-order valence-corrected chi connectivity index (χ2v) is 4.54. The fraction of sp³-hybridized carbons (Fsp3) is 0.333. The number of hydrazine groups is 1. The van der Waals surface area contributed by atoms with E-state index in [-0.39, 0.29) is 13.2 Å². The van der Waals surface area contributed by atoms with Crippen molar-refractivity contribution in [2.24, 2.45) is 0 Å². The highest BCUT2D eigenvalue weighted by Gasteiger charge is 2.27. The fourth-order valence-electron chi connectivity index (χ4n) is 1.90. The van der Waals surface area contributed by atoms with Crippen LogP contribution in [0.5, 0.6) is 0 Å². The van der Waals surface area contributed by atoms with Crippen LogP contribution in [0.1, 0.15) is 6.92 Å². The molecule has 22 heavy (non-hydrogen) atoms. The first-order valence-corrected chi connectivity index (χ1v) is 7.05. The third-order valence-corrected chi connectivity index (χ3v) is 2.88. The van der Waals surface area contributed by atoms with Gasteiger partial charge in [-0.05, 0) is 19.1 Å². The van der Waals surface area contributed by atoms with Gasteiger partial charge in [0.25, 0.3) is 0 Å². The fourth-order valence-corrected chi connectivity index (χ4v) is 1.90. The first-order valence-electron chi connectivity index (χ1n) is 7.05. The molecule has 1 atom stereocenters. The molecule has 1 unspecified atom stereocenters. The van der Waals surface area contributed by atoms with Gasteiger partial charge in [-0.25, -0.2) is 15.0 Å². The summed E-state index contributed by atoms with van der Waals surface area (Å²) in [5, 5.41) is 4.25. The molecule has 1 heterocycles. The number of benzene rings is 1. The van der Waals surface area contributed by atoms with E-state index in [9.17, 15) is 9.59 Å². The summed E-state index contributed by atoms with van der Waals surface area (Å²) in [6, 6.07) is 8.87.